The lowest BCUT2D eigenvalue weighted by Crippen LogP contribution is -2.51. The van der Waals surface area contributed by atoms with Gasteiger partial charge in [0.25, 0.3) is 5.91 Å². The van der Waals surface area contributed by atoms with Gasteiger partial charge >= 0.3 is 11.8 Å². The SMILES string of the molecule is Cn1c(C(=O)N2CCCC2(C)C(=O)O)ccc1[N+](=O)[O-]. The van der Waals surface area contributed by atoms with E-state index >= 15 is 0 Å². The molecule has 1 aromatic rings. The highest BCUT2D eigenvalue weighted by molar-refractivity contribution is 5.97. The van der Waals surface area contributed by atoms with Crippen molar-refractivity contribution in [2.45, 2.75) is 25.3 Å². The van der Waals surface area contributed by atoms with E-state index in [4.69, 9.17) is 0 Å². The minimum Gasteiger partial charge on any atom is -0.480 e. The van der Waals surface area contributed by atoms with Crippen LogP contribution in [0, 0.1) is 10.1 Å². The normalized spacial score (nSPS) is 22.0. The van der Waals surface area contributed by atoms with Crippen LogP contribution in [0.3, 0.4) is 0 Å². The highest BCUT2D eigenvalue weighted by Crippen LogP contribution is 2.31. The number of nitro groups is 1. The first-order chi connectivity index (χ1) is 9.29. The number of rotatable bonds is 3. The van der Waals surface area contributed by atoms with E-state index in [1.165, 1.54) is 35.6 Å². The second kappa shape index (κ2) is 4.62. The first-order valence-electron chi connectivity index (χ1n) is 6.14. The number of carboxylic acid groups (broad SMARTS) is 1. The van der Waals surface area contributed by atoms with Gasteiger partial charge < -0.3 is 20.1 Å². The van der Waals surface area contributed by atoms with Crippen LogP contribution in [0.4, 0.5) is 5.82 Å². The summed E-state index contributed by atoms with van der Waals surface area (Å²) in [5.41, 5.74) is -1.14. The first-order valence-corrected chi connectivity index (χ1v) is 6.14. The smallest absolute Gasteiger partial charge is 0.329 e. The maximum Gasteiger partial charge on any atom is 0.329 e. The van der Waals surface area contributed by atoms with E-state index in [2.05, 4.69) is 0 Å². The molecule has 1 fully saturated rings. The molecule has 0 bridgehead atoms. The van der Waals surface area contributed by atoms with Crippen molar-refractivity contribution in [3.63, 3.8) is 0 Å². The lowest BCUT2D eigenvalue weighted by molar-refractivity contribution is -0.391. The van der Waals surface area contributed by atoms with Crippen molar-refractivity contribution in [2.75, 3.05) is 6.54 Å². The Bertz CT molecular complexity index is 594. The molecule has 20 heavy (non-hydrogen) atoms. The summed E-state index contributed by atoms with van der Waals surface area (Å²) in [5.74, 6) is -1.76. The minimum absolute atomic E-state index is 0.117. The van der Waals surface area contributed by atoms with E-state index in [9.17, 15) is 24.8 Å². The van der Waals surface area contributed by atoms with Gasteiger partial charge in [0.1, 0.15) is 5.54 Å². The van der Waals surface area contributed by atoms with Gasteiger partial charge in [0.15, 0.2) is 5.69 Å². The van der Waals surface area contributed by atoms with Gasteiger partial charge in [-0.1, -0.05) is 0 Å². The fourth-order valence-corrected chi connectivity index (χ4v) is 2.55. The molecule has 1 N–H and O–H groups in total. The molecule has 8 nitrogen and oxygen atoms in total. The molecule has 1 atom stereocenters. The minimum atomic E-state index is -1.25. The predicted molar refractivity (Wildman–Crippen MR) is 68.4 cm³/mol. The summed E-state index contributed by atoms with van der Waals surface area (Å²) in [6, 6.07) is 2.59. The molecule has 1 aromatic heterocycles. The molecular weight excluding hydrogens is 266 g/mol. The van der Waals surface area contributed by atoms with Gasteiger partial charge in [0.2, 0.25) is 0 Å². The number of hydrogen-bond donors (Lipinski definition) is 1. The van der Waals surface area contributed by atoms with Gasteiger partial charge in [-0.25, -0.2) is 9.36 Å². The van der Waals surface area contributed by atoms with Gasteiger partial charge in [0, 0.05) is 12.6 Å². The molecule has 0 aromatic carbocycles. The number of likely N-dealkylation sites (tertiary alicyclic amines) is 1. The molecule has 1 aliphatic rings. The third-order valence-electron chi connectivity index (χ3n) is 3.85. The number of carbonyl (C=O) groups excluding carboxylic acids is 1. The Morgan fingerprint density at radius 3 is 2.60 bits per heavy atom. The predicted octanol–water partition coefficient (Wildman–Crippen LogP) is 1.01. The zero-order valence-electron chi connectivity index (χ0n) is 11.2. The van der Waals surface area contributed by atoms with Crippen LogP contribution in [0.15, 0.2) is 12.1 Å². The fraction of sp³-hybridized carbons (Fsp3) is 0.500. The summed E-state index contributed by atoms with van der Waals surface area (Å²) in [7, 11) is 1.42. The molecule has 1 saturated heterocycles. The van der Waals surface area contributed by atoms with Crippen LogP contribution in [0.25, 0.3) is 0 Å². The summed E-state index contributed by atoms with van der Waals surface area (Å²) >= 11 is 0. The maximum atomic E-state index is 12.4. The molecule has 1 unspecified atom stereocenters. The number of aromatic nitrogens is 1. The summed E-state index contributed by atoms with van der Waals surface area (Å²) < 4.78 is 1.17. The topological polar surface area (TPSA) is 106 Å². The largest absolute Gasteiger partial charge is 0.480 e. The molecule has 2 heterocycles. The number of nitrogens with zero attached hydrogens (tertiary/aromatic N) is 3. The van der Waals surface area contributed by atoms with Crippen molar-refractivity contribution in [3.05, 3.63) is 27.9 Å². The summed E-state index contributed by atoms with van der Waals surface area (Å²) in [6.45, 7) is 1.83. The highest BCUT2D eigenvalue weighted by Gasteiger charge is 2.47. The van der Waals surface area contributed by atoms with Crippen LogP contribution in [0.1, 0.15) is 30.3 Å². The average Bonchev–Trinajstić information content (AvgIpc) is 2.93. The molecule has 0 saturated carbocycles. The van der Waals surface area contributed by atoms with Crippen LogP contribution in [-0.4, -0.2) is 43.5 Å². The Balaban J connectivity index is 2.37. The van der Waals surface area contributed by atoms with Crippen LogP contribution in [-0.2, 0) is 11.8 Å². The number of carbonyl (C=O) groups is 2. The summed E-state index contributed by atoms with van der Waals surface area (Å²) in [4.78, 5) is 35.3. The molecule has 0 aliphatic carbocycles. The van der Waals surface area contributed by atoms with Crippen LogP contribution in [0.5, 0.6) is 0 Å². The van der Waals surface area contributed by atoms with Gasteiger partial charge in [-0.2, -0.15) is 0 Å². The van der Waals surface area contributed by atoms with Crippen molar-refractivity contribution < 1.29 is 19.6 Å². The Labute approximate surface area is 114 Å². The molecular formula is C12H15N3O5. The van der Waals surface area contributed by atoms with Crippen LogP contribution < -0.4 is 0 Å². The van der Waals surface area contributed by atoms with Crippen LogP contribution in [0.2, 0.25) is 0 Å². The number of amides is 1. The standard InChI is InChI=1S/C12H15N3O5/c1-12(11(17)18)6-3-7-14(12)10(16)8-4-5-9(13(8)2)15(19)20/h4-5H,3,6-7H2,1-2H3,(H,17,18). The molecule has 0 radical (unpaired) electrons. The Morgan fingerprint density at radius 2 is 2.10 bits per heavy atom. The van der Waals surface area contributed by atoms with E-state index in [-0.39, 0.29) is 11.5 Å². The Hall–Kier alpha value is -2.38. The number of carboxylic acids is 1. The van der Waals surface area contributed by atoms with Crippen molar-refractivity contribution >= 4 is 17.7 Å². The third-order valence-corrected chi connectivity index (χ3v) is 3.85. The van der Waals surface area contributed by atoms with E-state index in [0.29, 0.717) is 19.4 Å². The van der Waals surface area contributed by atoms with Gasteiger partial charge in [-0.15, -0.1) is 0 Å². The Morgan fingerprint density at radius 1 is 1.45 bits per heavy atom. The maximum absolute atomic E-state index is 12.4. The number of aliphatic carboxylic acids is 1. The van der Waals surface area contributed by atoms with Crippen molar-refractivity contribution in [1.29, 1.82) is 0 Å². The van der Waals surface area contributed by atoms with E-state index in [0.717, 1.165) is 0 Å². The second-order valence-corrected chi connectivity index (χ2v) is 5.03. The molecule has 0 spiro atoms. The molecule has 1 amide bonds. The molecule has 108 valence electrons. The van der Waals surface area contributed by atoms with Gasteiger partial charge in [-0.05, 0) is 30.8 Å². The molecule has 1 aliphatic heterocycles. The monoisotopic (exact) mass is 281 g/mol. The van der Waals surface area contributed by atoms with E-state index < -0.39 is 22.3 Å². The lowest BCUT2D eigenvalue weighted by Gasteiger charge is -2.30. The fourth-order valence-electron chi connectivity index (χ4n) is 2.55. The summed E-state index contributed by atoms with van der Waals surface area (Å²) in [6.07, 6.45) is 0.974. The lowest BCUT2D eigenvalue weighted by atomic mass is 9.99. The molecule has 8 heteroatoms. The zero-order valence-corrected chi connectivity index (χ0v) is 11.2. The quantitative estimate of drug-likeness (QED) is 0.657. The first kappa shape index (κ1) is 14.0. The van der Waals surface area contributed by atoms with E-state index in [1.54, 1.807) is 0 Å². The second-order valence-electron chi connectivity index (χ2n) is 5.03. The van der Waals surface area contributed by atoms with Crippen molar-refractivity contribution in [1.82, 2.24) is 9.47 Å². The van der Waals surface area contributed by atoms with Crippen LogP contribution >= 0.6 is 0 Å². The number of hydrogen-bond acceptors (Lipinski definition) is 4. The highest BCUT2D eigenvalue weighted by atomic mass is 16.6. The molecule has 2 rings (SSSR count). The van der Waals surface area contributed by atoms with Crippen molar-refractivity contribution in [2.24, 2.45) is 7.05 Å². The Kier molecular flexibility index (Phi) is 3.24. The van der Waals surface area contributed by atoms with Gasteiger partial charge in [0.05, 0.1) is 7.05 Å². The average molecular weight is 281 g/mol. The third kappa shape index (κ3) is 1.93. The van der Waals surface area contributed by atoms with Crippen molar-refractivity contribution in [3.8, 4) is 0 Å². The summed E-state index contributed by atoms with van der Waals surface area (Å²) in [5, 5.41) is 20.1. The van der Waals surface area contributed by atoms with E-state index in [1.807, 2.05) is 0 Å². The van der Waals surface area contributed by atoms with Gasteiger partial charge in [-0.3, -0.25) is 4.79 Å². The zero-order chi connectivity index (χ0) is 15.1.